The summed E-state index contributed by atoms with van der Waals surface area (Å²) in [4.78, 5) is 28.3. The van der Waals surface area contributed by atoms with Crippen LogP contribution in [0.5, 0.6) is 0 Å². The summed E-state index contributed by atoms with van der Waals surface area (Å²) in [7, 11) is 0. The van der Waals surface area contributed by atoms with E-state index in [4.69, 9.17) is 0 Å². The Kier molecular flexibility index (Phi) is 8.69. The summed E-state index contributed by atoms with van der Waals surface area (Å²) in [5, 5.41) is 3.24. The lowest BCUT2D eigenvalue weighted by Gasteiger charge is -2.33. The molecule has 166 valence electrons. The summed E-state index contributed by atoms with van der Waals surface area (Å²) in [5.41, 5.74) is 3.42. The Morgan fingerprint density at radius 2 is 1.65 bits per heavy atom. The topological polar surface area (TPSA) is 49.4 Å². The Hall–Kier alpha value is -2.62. The molecule has 4 nitrogen and oxygen atoms in total. The van der Waals surface area contributed by atoms with Crippen LogP contribution in [0.25, 0.3) is 0 Å². The van der Waals surface area contributed by atoms with Crippen LogP contribution < -0.4 is 5.32 Å². The zero-order valence-electron chi connectivity index (χ0n) is 19.0. The van der Waals surface area contributed by atoms with Crippen molar-refractivity contribution in [3.8, 4) is 0 Å². The van der Waals surface area contributed by atoms with Gasteiger partial charge >= 0.3 is 0 Å². The Morgan fingerprint density at radius 1 is 0.968 bits per heavy atom. The first-order valence-electron chi connectivity index (χ1n) is 11.8. The second-order valence-corrected chi connectivity index (χ2v) is 8.76. The van der Waals surface area contributed by atoms with Crippen LogP contribution in [0.1, 0.15) is 68.6 Å². The van der Waals surface area contributed by atoms with E-state index in [1.807, 2.05) is 37.3 Å². The largest absolute Gasteiger partial charge is 0.352 e. The molecule has 0 bridgehead atoms. The van der Waals surface area contributed by atoms with Crippen LogP contribution in [0.3, 0.4) is 0 Å². The number of amides is 2. The molecule has 0 spiro atoms. The standard InChI is InChI=1S/C27H36N2O2/c1-3-25(27(31)28-24-12-8-5-9-13-24)29(20-23-10-6-4-7-11-23)26(30)19-18-22-16-14-21(2)15-17-22/h4,6-7,10-11,14-17,24-25H,3,5,8-9,12-13,18-20H2,1-2H3,(H,28,31)/t25-/m1/s1. The monoisotopic (exact) mass is 420 g/mol. The third-order valence-electron chi connectivity index (χ3n) is 6.28. The van der Waals surface area contributed by atoms with E-state index in [9.17, 15) is 9.59 Å². The number of hydrogen-bond donors (Lipinski definition) is 1. The van der Waals surface area contributed by atoms with Gasteiger partial charge in [0.05, 0.1) is 0 Å². The molecule has 2 amide bonds. The highest BCUT2D eigenvalue weighted by atomic mass is 16.2. The molecule has 3 rings (SSSR count). The maximum Gasteiger partial charge on any atom is 0.243 e. The fourth-order valence-corrected chi connectivity index (χ4v) is 4.39. The highest BCUT2D eigenvalue weighted by Gasteiger charge is 2.30. The maximum absolute atomic E-state index is 13.3. The summed E-state index contributed by atoms with van der Waals surface area (Å²) >= 11 is 0. The average molecular weight is 421 g/mol. The molecule has 4 heteroatoms. The van der Waals surface area contributed by atoms with Crippen molar-refractivity contribution in [2.45, 2.75) is 83.8 Å². The van der Waals surface area contributed by atoms with Gasteiger partial charge in [-0.25, -0.2) is 0 Å². The molecule has 1 fully saturated rings. The van der Waals surface area contributed by atoms with Crippen LogP contribution >= 0.6 is 0 Å². The number of rotatable bonds is 9. The van der Waals surface area contributed by atoms with Crippen LogP contribution in [0.15, 0.2) is 54.6 Å². The van der Waals surface area contributed by atoms with E-state index >= 15 is 0 Å². The number of benzene rings is 2. The van der Waals surface area contributed by atoms with Gasteiger partial charge in [-0.15, -0.1) is 0 Å². The van der Waals surface area contributed by atoms with Crippen molar-refractivity contribution in [1.29, 1.82) is 0 Å². The third kappa shape index (κ3) is 6.95. The number of carbonyl (C=O) groups is 2. The average Bonchev–Trinajstić information content (AvgIpc) is 2.79. The Balaban J connectivity index is 1.72. The van der Waals surface area contributed by atoms with Crippen molar-refractivity contribution in [2.75, 3.05) is 0 Å². The number of hydrogen-bond acceptors (Lipinski definition) is 2. The zero-order valence-corrected chi connectivity index (χ0v) is 19.0. The molecule has 1 saturated carbocycles. The lowest BCUT2D eigenvalue weighted by molar-refractivity contribution is -0.141. The van der Waals surface area contributed by atoms with E-state index in [1.165, 1.54) is 24.8 Å². The molecule has 0 aromatic heterocycles. The molecule has 1 atom stereocenters. The van der Waals surface area contributed by atoms with E-state index in [0.717, 1.165) is 24.0 Å². The van der Waals surface area contributed by atoms with Crippen LogP contribution in [-0.2, 0) is 22.6 Å². The van der Waals surface area contributed by atoms with Crippen molar-refractivity contribution in [1.82, 2.24) is 10.2 Å². The Morgan fingerprint density at radius 3 is 2.29 bits per heavy atom. The van der Waals surface area contributed by atoms with Crippen molar-refractivity contribution in [3.05, 3.63) is 71.3 Å². The number of aryl methyl sites for hydroxylation is 2. The first kappa shape index (κ1) is 23.1. The summed E-state index contributed by atoms with van der Waals surface area (Å²) in [6, 6.07) is 18.1. The summed E-state index contributed by atoms with van der Waals surface area (Å²) in [6.45, 7) is 4.52. The highest BCUT2D eigenvalue weighted by Crippen LogP contribution is 2.19. The smallest absolute Gasteiger partial charge is 0.243 e. The van der Waals surface area contributed by atoms with Crippen molar-refractivity contribution in [2.24, 2.45) is 0 Å². The fraction of sp³-hybridized carbons (Fsp3) is 0.481. The fourth-order valence-electron chi connectivity index (χ4n) is 4.39. The normalized spacial score (nSPS) is 15.3. The van der Waals surface area contributed by atoms with Gasteiger partial charge in [0.1, 0.15) is 6.04 Å². The van der Waals surface area contributed by atoms with Gasteiger partial charge in [0, 0.05) is 19.0 Å². The van der Waals surface area contributed by atoms with Gasteiger partial charge in [-0.05, 0) is 43.7 Å². The first-order chi connectivity index (χ1) is 15.1. The number of nitrogens with zero attached hydrogens (tertiary/aromatic N) is 1. The van der Waals surface area contributed by atoms with E-state index in [1.54, 1.807) is 4.90 Å². The van der Waals surface area contributed by atoms with Gasteiger partial charge in [0.15, 0.2) is 0 Å². The van der Waals surface area contributed by atoms with Crippen LogP contribution in [0.2, 0.25) is 0 Å². The van der Waals surface area contributed by atoms with E-state index in [-0.39, 0.29) is 17.9 Å². The molecule has 0 aliphatic heterocycles. The molecular weight excluding hydrogens is 384 g/mol. The SMILES string of the molecule is CC[C@H](C(=O)NC1CCCCC1)N(Cc1ccccc1)C(=O)CCc1ccc(C)cc1. The summed E-state index contributed by atoms with van der Waals surface area (Å²) in [5.74, 6) is 0.0316. The van der Waals surface area contributed by atoms with Crippen molar-refractivity contribution < 1.29 is 9.59 Å². The Labute approximate surface area is 187 Å². The second-order valence-electron chi connectivity index (χ2n) is 8.76. The van der Waals surface area contributed by atoms with Crippen LogP contribution in [-0.4, -0.2) is 28.8 Å². The van der Waals surface area contributed by atoms with E-state index in [0.29, 0.717) is 25.8 Å². The van der Waals surface area contributed by atoms with Gasteiger partial charge in [-0.1, -0.05) is 86.3 Å². The quantitative estimate of drug-likeness (QED) is 0.607. The molecule has 1 aliphatic carbocycles. The van der Waals surface area contributed by atoms with Gasteiger partial charge in [-0.3, -0.25) is 9.59 Å². The molecule has 0 radical (unpaired) electrons. The molecular formula is C27H36N2O2. The molecule has 0 unspecified atom stereocenters. The number of nitrogens with one attached hydrogen (secondary N) is 1. The van der Waals surface area contributed by atoms with E-state index < -0.39 is 6.04 Å². The van der Waals surface area contributed by atoms with Crippen molar-refractivity contribution in [3.63, 3.8) is 0 Å². The molecule has 2 aromatic carbocycles. The maximum atomic E-state index is 13.3. The molecule has 0 heterocycles. The Bertz CT molecular complexity index is 826. The lowest BCUT2D eigenvalue weighted by Crippen LogP contribution is -2.51. The predicted molar refractivity (Wildman–Crippen MR) is 126 cm³/mol. The lowest BCUT2D eigenvalue weighted by atomic mass is 9.95. The van der Waals surface area contributed by atoms with Crippen LogP contribution in [0.4, 0.5) is 0 Å². The molecule has 31 heavy (non-hydrogen) atoms. The zero-order chi connectivity index (χ0) is 22.1. The third-order valence-corrected chi connectivity index (χ3v) is 6.28. The molecule has 2 aromatic rings. The molecule has 1 aliphatic rings. The van der Waals surface area contributed by atoms with Crippen LogP contribution in [0, 0.1) is 6.92 Å². The minimum Gasteiger partial charge on any atom is -0.352 e. The molecule has 1 N–H and O–H groups in total. The highest BCUT2D eigenvalue weighted by molar-refractivity contribution is 5.88. The minimum absolute atomic E-state index is 0.00554. The van der Waals surface area contributed by atoms with Gasteiger partial charge < -0.3 is 10.2 Å². The van der Waals surface area contributed by atoms with Gasteiger partial charge in [-0.2, -0.15) is 0 Å². The minimum atomic E-state index is -0.437. The van der Waals surface area contributed by atoms with Gasteiger partial charge in [0.2, 0.25) is 11.8 Å². The predicted octanol–water partition coefficient (Wildman–Crippen LogP) is 5.18. The summed E-state index contributed by atoms with van der Waals surface area (Å²) in [6.07, 6.45) is 7.39. The van der Waals surface area contributed by atoms with E-state index in [2.05, 4.69) is 36.5 Å². The number of carbonyl (C=O) groups excluding carboxylic acids is 2. The van der Waals surface area contributed by atoms with Gasteiger partial charge in [0.25, 0.3) is 0 Å². The second kappa shape index (κ2) is 11.7. The van der Waals surface area contributed by atoms with Crippen molar-refractivity contribution >= 4 is 11.8 Å². The molecule has 0 saturated heterocycles. The first-order valence-corrected chi connectivity index (χ1v) is 11.8. The summed E-state index contributed by atoms with van der Waals surface area (Å²) < 4.78 is 0.